The molecule has 0 radical (unpaired) electrons. The number of carbonyl (C=O) groups excluding carboxylic acids is 2. The molecule has 1 N–H and O–H groups in total. The van der Waals surface area contributed by atoms with Crippen molar-refractivity contribution >= 4 is 23.6 Å². The van der Waals surface area contributed by atoms with Crippen LogP contribution in [0.15, 0.2) is 84.4 Å². The Morgan fingerprint density at radius 2 is 1.75 bits per heavy atom. The molecule has 32 heavy (non-hydrogen) atoms. The van der Waals surface area contributed by atoms with Gasteiger partial charge in [0.15, 0.2) is 0 Å². The maximum Gasteiger partial charge on any atom is 0.338 e. The van der Waals surface area contributed by atoms with Crippen molar-refractivity contribution in [3.05, 3.63) is 101 Å². The lowest BCUT2D eigenvalue weighted by molar-refractivity contribution is -0.112. The Labute approximate surface area is 186 Å². The second-order valence-electron chi connectivity index (χ2n) is 6.77. The number of nitriles is 1. The van der Waals surface area contributed by atoms with E-state index < -0.39 is 11.9 Å². The van der Waals surface area contributed by atoms with E-state index in [1.165, 1.54) is 6.08 Å². The third-order valence-electron chi connectivity index (χ3n) is 4.44. The summed E-state index contributed by atoms with van der Waals surface area (Å²) >= 11 is 0. The second kappa shape index (κ2) is 11.1. The van der Waals surface area contributed by atoms with Crippen LogP contribution >= 0.6 is 0 Å². The first kappa shape index (κ1) is 22.3. The molecule has 0 saturated heterocycles. The van der Waals surface area contributed by atoms with E-state index in [-0.39, 0.29) is 12.2 Å². The van der Waals surface area contributed by atoms with Crippen molar-refractivity contribution in [3.8, 4) is 11.8 Å². The van der Waals surface area contributed by atoms with Crippen LogP contribution in [0.4, 0.5) is 5.69 Å². The Bertz CT molecular complexity index is 1150. The topological polar surface area (TPSA) is 88.4 Å². The van der Waals surface area contributed by atoms with E-state index in [1.54, 1.807) is 49.4 Å². The summed E-state index contributed by atoms with van der Waals surface area (Å²) in [5.74, 6) is -0.348. The monoisotopic (exact) mass is 426 g/mol. The maximum absolute atomic E-state index is 12.5. The normalized spacial score (nSPS) is 10.7. The van der Waals surface area contributed by atoms with E-state index in [4.69, 9.17) is 9.47 Å². The summed E-state index contributed by atoms with van der Waals surface area (Å²) in [7, 11) is 0. The molecule has 3 aromatic carbocycles. The van der Waals surface area contributed by atoms with Crippen molar-refractivity contribution in [1.29, 1.82) is 5.26 Å². The van der Waals surface area contributed by atoms with Crippen molar-refractivity contribution in [2.45, 2.75) is 13.5 Å². The average Bonchev–Trinajstić information content (AvgIpc) is 2.82. The number of benzene rings is 3. The summed E-state index contributed by atoms with van der Waals surface area (Å²) < 4.78 is 10.7. The summed E-state index contributed by atoms with van der Waals surface area (Å²) in [6.07, 6.45) is 1.50. The molecule has 0 aliphatic heterocycles. The predicted octanol–water partition coefficient (Wildman–Crippen LogP) is 4.99. The number of carbonyl (C=O) groups is 2. The third-order valence-corrected chi connectivity index (χ3v) is 4.44. The van der Waals surface area contributed by atoms with Crippen LogP contribution in [-0.4, -0.2) is 18.5 Å². The highest BCUT2D eigenvalue weighted by Crippen LogP contribution is 2.18. The minimum atomic E-state index is -0.549. The van der Waals surface area contributed by atoms with Crippen LogP contribution in [0.1, 0.15) is 28.4 Å². The van der Waals surface area contributed by atoms with E-state index in [1.807, 2.05) is 42.5 Å². The number of rotatable bonds is 8. The fourth-order valence-electron chi connectivity index (χ4n) is 2.85. The molecular formula is C26H22N2O4. The minimum absolute atomic E-state index is 0.0559. The molecule has 0 aliphatic carbocycles. The van der Waals surface area contributed by atoms with Gasteiger partial charge >= 0.3 is 5.97 Å². The zero-order valence-electron chi connectivity index (χ0n) is 17.6. The van der Waals surface area contributed by atoms with E-state index in [0.29, 0.717) is 29.2 Å². The molecule has 0 spiro atoms. The van der Waals surface area contributed by atoms with Crippen LogP contribution in [0.3, 0.4) is 0 Å². The highest BCUT2D eigenvalue weighted by Gasteiger charge is 2.11. The van der Waals surface area contributed by atoms with Crippen LogP contribution in [0.5, 0.6) is 5.75 Å². The van der Waals surface area contributed by atoms with Crippen molar-refractivity contribution in [3.63, 3.8) is 0 Å². The van der Waals surface area contributed by atoms with Crippen molar-refractivity contribution in [1.82, 2.24) is 0 Å². The smallest absolute Gasteiger partial charge is 0.338 e. The number of anilines is 1. The van der Waals surface area contributed by atoms with Gasteiger partial charge in [0.05, 0.1) is 12.2 Å². The molecule has 160 valence electrons. The van der Waals surface area contributed by atoms with Crippen molar-refractivity contribution < 1.29 is 19.1 Å². The minimum Gasteiger partial charge on any atom is -0.489 e. The van der Waals surface area contributed by atoms with Gasteiger partial charge in [-0.05, 0) is 60.5 Å². The number of ether oxygens (including phenoxy) is 2. The van der Waals surface area contributed by atoms with Crippen molar-refractivity contribution in [2.75, 3.05) is 11.9 Å². The van der Waals surface area contributed by atoms with Gasteiger partial charge in [-0.3, -0.25) is 4.79 Å². The lowest BCUT2D eigenvalue weighted by Gasteiger charge is -2.08. The Morgan fingerprint density at radius 3 is 2.44 bits per heavy atom. The number of amides is 1. The molecule has 6 nitrogen and oxygen atoms in total. The van der Waals surface area contributed by atoms with Gasteiger partial charge in [0.1, 0.15) is 24.0 Å². The second-order valence-corrected chi connectivity index (χ2v) is 6.77. The molecule has 6 heteroatoms. The van der Waals surface area contributed by atoms with E-state index in [2.05, 4.69) is 5.32 Å². The van der Waals surface area contributed by atoms with Gasteiger partial charge in [-0.1, -0.05) is 42.5 Å². The quantitative estimate of drug-likeness (QED) is 0.311. The fraction of sp³-hybridized carbons (Fsp3) is 0.115. The SMILES string of the molecule is CCOC(=O)c1ccc(NC(=O)/C(C#N)=C/c2cccc(OCc3ccccc3)c2)cc1. The first-order valence-electron chi connectivity index (χ1n) is 10.1. The molecule has 0 saturated carbocycles. The van der Waals surface area contributed by atoms with Crippen molar-refractivity contribution in [2.24, 2.45) is 0 Å². The third kappa shape index (κ3) is 6.31. The van der Waals surface area contributed by atoms with E-state index >= 15 is 0 Å². The van der Waals surface area contributed by atoms with Crippen LogP contribution in [0.25, 0.3) is 6.08 Å². The van der Waals surface area contributed by atoms with Crippen LogP contribution in [0, 0.1) is 11.3 Å². The zero-order chi connectivity index (χ0) is 22.8. The molecule has 3 aromatic rings. The fourth-order valence-corrected chi connectivity index (χ4v) is 2.85. The van der Waals surface area contributed by atoms with Gasteiger partial charge < -0.3 is 14.8 Å². The lowest BCUT2D eigenvalue weighted by Crippen LogP contribution is -2.13. The maximum atomic E-state index is 12.5. The Kier molecular flexibility index (Phi) is 7.77. The molecular weight excluding hydrogens is 404 g/mol. The Balaban J connectivity index is 1.66. The highest BCUT2D eigenvalue weighted by atomic mass is 16.5. The molecule has 0 bridgehead atoms. The van der Waals surface area contributed by atoms with Crippen LogP contribution < -0.4 is 10.1 Å². The standard InChI is InChI=1S/C26H22N2O4/c1-2-31-26(30)21-11-13-23(14-12-21)28-25(29)22(17-27)15-20-9-6-10-24(16-20)32-18-19-7-4-3-5-8-19/h3-16H,2,18H2,1H3,(H,28,29)/b22-15+. The molecule has 0 heterocycles. The summed E-state index contributed by atoms with van der Waals surface area (Å²) in [6.45, 7) is 2.43. The molecule has 0 fully saturated rings. The van der Waals surface area contributed by atoms with Gasteiger partial charge in [-0.15, -0.1) is 0 Å². The highest BCUT2D eigenvalue weighted by molar-refractivity contribution is 6.09. The molecule has 0 aromatic heterocycles. The Morgan fingerprint density at radius 1 is 1.00 bits per heavy atom. The first-order chi connectivity index (χ1) is 15.6. The molecule has 1 amide bonds. The van der Waals surface area contributed by atoms with Gasteiger partial charge in [0.25, 0.3) is 5.91 Å². The largest absolute Gasteiger partial charge is 0.489 e. The van der Waals surface area contributed by atoms with Crippen LogP contribution in [0.2, 0.25) is 0 Å². The summed E-state index contributed by atoms with van der Waals surface area (Å²) in [5, 5.41) is 12.1. The molecule has 0 aliphatic rings. The summed E-state index contributed by atoms with van der Waals surface area (Å²) in [5.41, 5.74) is 2.50. The average molecular weight is 426 g/mol. The van der Waals surface area contributed by atoms with Gasteiger partial charge in [0, 0.05) is 5.69 Å². The van der Waals surface area contributed by atoms with Gasteiger partial charge in [0.2, 0.25) is 0 Å². The number of nitrogens with zero attached hydrogens (tertiary/aromatic N) is 1. The molecule has 0 atom stereocenters. The predicted molar refractivity (Wildman–Crippen MR) is 122 cm³/mol. The summed E-state index contributed by atoms with van der Waals surface area (Å²) in [6, 6.07) is 25.1. The number of nitrogens with one attached hydrogen (secondary N) is 1. The number of hydrogen-bond donors (Lipinski definition) is 1. The molecule has 3 rings (SSSR count). The van der Waals surface area contributed by atoms with E-state index in [9.17, 15) is 14.9 Å². The molecule has 0 unspecified atom stereocenters. The van der Waals surface area contributed by atoms with Gasteiger partial charge in [-0.25, -0.2) is 4.79 Å². The first-order valence-corrected chi connectivity index (χ1v) is 10.1. The zero-order valence-corrected chi connectivity index (χ0v) is 17.6. The number of esters is 1. The van der Waals surface area contributed by atoms with Gasteiger partial charge in [-0.2, -0.15) is 5.26 Å². The van der Waals surface area contributed by atoms with Crippen LogP contribution in [-0.2, 0) is 16.1 Å². The van der Waals surface area contributed by atoms with E-state index in [0.717, 1.165) is 5.56 Å². The summed E-state index contributed by atoms with van der Waals surface area (Å²) in [4.78, 5) is 24.3. The number of hydrogen-bond acceptors (Lipinski definition) is 5. The Hall–Kier alpha value is -4.37. The lowest BCUT2D eigenvalue weighted by atomic mass is 10.1.